The van der Waals surface area contributed by atoms with Crippen molar-refractivity contribution in [1.82, 2.24) is 4.98 Å². The largest absolute Gasteiger partial charge is 0.478 e. The van der Waals surface area contributed by atoms with E-state index in [1.807, 2.05) is 30.1 Å². The van der Waals surface area contributed by atoms with Gasteiger partial charge < -0.3 is 14.7 Å². The summed E-state index contributed by atoms with van der Waals surface area (Å²) in [6.45, 7) is 0. The number of pyridine rings is 1. The molecule has 1 heterocycles. The Kier molecular flexibility index (Phi) is 6.38. The molecule has 1 aromatic heterocycles. The van der Waals surface area contributed by atoms with E-state index in [0.29, 0.717) is 22.0 Å². The molecular formula is C26H19ClN2O4. The number of anilines is 2. The van der Waals surface area contributed by atoms with Crippen LogP contribution in [0, 0.1) is 0 Å². The molecule has 0 aliphatic rings. The molecule has 0 aliphatic heterocycles. The summed E-state index contributed by atoms with van der Waals surface area (Å²) in [5, 5.41) is 10.3. The standard InChI is InChI=1S/C26H19ClN2O4/c1-29(20-10-8-19(27)9-11-20)21-13-18(15-28-16-21)25(30)17-7-12-24(23(14-17)26(31)32)33-22-5-3-2-4-6-22/h2-16H,1H3,(H,31,32). The quantitative estimate of drug-likeness (QED) is 0.331. The topological polar surface area (TPSA) is 79.7 Å². The number of hydrogen-bond donors (Lipinski definition) is 1. The Labute approximate surface area is 195 Å². The molecule has 1 N–H and O–H groups in total. The lowest BCUT2D eigenvalue weighted by Crippen LogP contribution is -2.11. The van der Waals surface area contributed by atoms with Gasteiger partial charge in [0.05, 0.1) is 11.9 Å². The summed E-state index contributed by atoms with van der Waals surface area (Å²) >= 11 is 5.96. The summed E-state index contributed by atoms with van der Waals surface area (Å²) in [5.74, 6) is -0.881. The Morgan fingerprint density at radius 1 is 0.879 bits per heavy atom. The normalized spacial score (nSPS) is 10.5. The van der Waals surface area contributed by atoms with Crippen molar-refractivity contribution in [3.63, 3.8) is 0 Å². The van der Waals surface area contributed by atoms with E-state index < -0.39 is 5.97 Å². The van der Waals surface area contributed by atoms with Crippen molar-refractivity contribution >= 4 is 34.7 Å². The average molecular weight is 459 g/mol. The van der Waals surface area contributed by atoms with Crippen LogP contribution in [0.25, 0.3) is 0 Å². The van der Waals surface area contributed by atoms with Crippen molar-refractivity contribution in [2.24, 2.45) is 0 Å². The molecule has 0 aliphatic carbocycles. The number of carbonyl (C=O) groups excluding carboxylic acids is 1. The number of ether oxygens (including phenoxy) is 1. The number of carboxylic acids is 1. The summed E-state index contributed by atoms with van der Waals surface area (Å²) < 4.78 is 5.70. The van der Waals surface area contributed by atoms with E-state index in [-0.39, 0.29) is 22.7 Å². The van der Waals surface area contributed by atoms with Crippen molar-refractivity contribution < 1.29 is 19.4 Å². The van der Waals surface area contributed by atoms with E-state index in [1.165, 1.54) is 18.3 Å². The van der Waals surface area contributed by atoms with Gasteiger partial charge in [-0.1, -0.05) is 29.8 Å². The molecule has 0 atom stereocenters. The molecule has 164 valence electrons. The van der Waals surface area contributed by atoms with Crippen molar-refractivity contribution in [3.8, 4) is 11.5 Å². The van der Waals surface area contributed by atoms with E-state index in [0.717, 1.165) is 5.69 Å². The maximum Gasteiger partial charge on any atom is 0.339 e. The Balaban J connectivity index is 1.62. The maximum absolute atomic E-state index is 13.1. The smallest absolute Gasteiger partial charge is 0.339 e. The molecule has 3 aromatic carbocycles. The van der Waals surface area contributed by atoms with Gasteiger partial charge in [0.25, 0.3) is 0 Å². The zero-order valence-electron chi connectivity index (χ0n) is 17.6. The van der Waals surface area contributed by atoms with E-state index in [4.69, 9.17) is 16.3 Å². The second kappa shape index (κ2) is 9.54. The third kappa shape index (κ3) is 5.02. The molecule has 0 saturated heterocycles. The van der Waals surface area contributed by atoms with E-state index >= 15 is 0 Å². The number of carboxylic acid groups (broad SMARTS) is 1. The summed E-state index contributed by atoms with van der Waals surface area (Å²) in [7, 11) is 1.85. The highest BCUT2D eigenvalue weighted by atomic mass is 35.5. The molecule has 0 amide bonds. The first-order valence-electron chi connectivity index (χ1n) is 10.0. The molecule has 6 nitrogen and oxygen atoms in total. The van der Waals surface area contributed by atoms with Crippen LogP contribution in [0.15, 0.2) is 91.3 Å². The number of aromatic carboxylic acids is 1. The second-order valence-corrected chi connectivity index (χ2v) is 7.66. The van der Waals surface area contributed by atoms with Gasteiger partial charge in [0.1, 0.15) is 17.1 Å². The Morgan fingerprint density at radius 3 is 2.30 bits per heavy atom. The third-order valence-corrected chi connectivity index (χ3v) is 5.28. The zero-order chi connectivity index (χ0) is 23.4. The predicted molar refractivity (Wildman–Crippen MR) is 127 cm³/mol. The third-order valence-electron chi connectivity index (χ3n) is 5.03. The minimum Gasteiger partial charge on any atom is -0.478 e. The Morgan fingerprint density at radius 2 is 1.61 bits per heavy atom. The summed E-state index contributed by atoms with van der Waals surface area (Å²) in [5.41, 5.74) is 2.03. The number of benzene rings is 3. The van der Waals surface area contributed by atoms with E-state index in [2.05, 4.69) is 4.98 Å². The van der Waals surface area contributed by atoms with Crippen LogP contribution in [0.5, 0.6) is 11.5 Å². The molecule has 4 aromatic rings. The molecule has 0 radical (unpaired) electrons. The first kappa shape index (κ1) is 22.0. The Hall–Kier alpha value is -4.16. The Bertz CT molecular complexity index is 1310. The lowest BCUT2D eigenvalue weighted by atomic mass is 10.0. The van der Waals surface area contributed by atoms with Crippen LogP contribution in [0.1, 0.15) is 26.3 Å². The van der Waals surface area contributed by atoms with Gasteiger partial charge in [-0.25, -0.2) is 4.79 Å². The first-order chi connectivity index (χ1) is 15.9. The predicted octanol–water partition coefficient (Wildman–Crippen LogP) is 6.22. The summed E-state index contributed by atoms with van der Waals surface area (Å²) in [6.07, 6.45) is 3.10. The SMILES string of the molecule is CN(c1ccc(Cl)cc1)c1cncc(C(=O)c2ccc(Oc3ccccc3)c(C(=O)O)c2)c1. The van der Waals surface area contributed by atoms with Gasteiger partial charge in [-0.3, -0.25) is 9.78 Å². The monoisotopic (exact) mass is 458 g/mol. The molecule has 33 heavy (non-hydrogen) atoms. The number of hydrogen-bond acceptors (Lipinski definition) is 5. The van der Waals surface area contributed by atoms with Gasteiger partial charge in [0.2, 0.25) is 0 Å². The van der Waals surface area contributed by atoms with Crippen LogP contribution in [-0.4, -0.2) is 28.9 Å². The lowest BCUT2D eigenvalue weighted by molar-refractivity contribution is 0.0694. The molecule has 7 heteroatoms. The van der Waals surface area contributed by atoms with E-state index in [9.17, 15) is 14.7 Å². The van der Waals surface area contributed by atoms with Gasteiger partial charge in [0.15, 0.2) is 5.78 Å². The van der Waals surface area contributed by atoms with Crippen LogP contribution in [-0.2, 0) is 0 Å². The van der Waals surface area contributed by atoms with Gasteiger partial charge in [-0.05, 0) is 60.7 Å². The van der Waals surface area contributed by atoms with E-state index in [1.54, 1.807) is 54.7 Å². The summed E-state index contributed by atoms with van der Waals surface area (Å²) in [4.78, 5) is 31.0. The van der Waals surface area contributed by atoms with Crippen LogP contribution in [0.3, 0.4) is 0 Å². The minimum atomic E-state index is -1.19. The number of nitrogens with zero attached hydrogens (tertiary/aromatic N) is 2. The number of ketones is 1. The van der Waals surface area contributed by atoms with Gasteiger partial charge in [-0.15, -0.1) is 0 Å². The second-order valence-electron chi connectivity index (χ2n) is 7.23. The zero-order valence-corrected chi connectivity index (χ0v) is 18.4. The first-order valence-corrected chi connectivity index (χ1v) is 10.4. The van der Waals surface area contributed by atoms with Crippen molar-refractivity contribution in [3.05, 3.63) is 113 Å². The van der Waals surface area contributed by atoms with Gasteiger partial charge in [0, 0.05) is 35.1 Å². The molecule has 0 fully saturated rings. The molecule has 0 unspecified atom stereocenters. The van der Waals surface area contributed by atoms with Gasteiger partial charge in [-0.2, -0.15) is 0 Å². The fourth-order valence-electron chi connectivity index (χ4n) is 3.26. The number of rotatable bonds is 7. The highest BCUT2D eigenvalue weighted by Gasteiger charge is 2.18. The van der Waals surface area contributed by atoms with Gasteiger partial charge >= 0.3 is 5.97 Å². The maximum atomic E-state index is 13.1. The number of halogens is 1. The lowest BCUT2D eigenvalue weighted by Gasteiger charge is -2.19. The molecule has 0 bridgehead atoms. The highest BCUT2D eigenvalue weighted by Crippen LogP contribution is 2.29. The molecule has 0 saturated carbocycles. The van der Waals surface area contributed by atoms with Crippen molar-refractivity contribution in [1.29, 1.82) is 0 Å². The van der Waals surface area contributed by atoms with Crippen molar-refractivity contribution in [2.75, 3.05) is 11.9 Å². The molecule has 0 spiro atoms. The average Bonchev–Trinajstić information content (AvgIpc) is 2.84. The molecular weight excluding hydrogens is 440 g/mol. The summed E-state index contributed by atoms with van der Waals surface area (Å²) in [6, 6.07) is 22.2. The molecule has 4 rings (SSSR count). The van der Waals surface area contributed by atoms with Crippen molar-refractivity contribution in [2.45, 2.75) is 0 Å². The number of para-hydroxylation sites is 1. The highest BCUT2D eigenvalue weighted by molar-refractivity contribution is 6.30. The van der Waals surface area contributed by atoms with Crippen LogP contribution in [0.4, 0.5) is 11.4 Å². The number of carbonyl (C=O) groups is 2. The fraction of sp³-hybridized carbons (Fsp3) is 0.0385. The minimum absolute atomic E-state index is 0.105. The fourth-order valence-corrected chi connectivity index (χ4v) is 3.38. The number of aromatic nitrogens is 1. The van der Waals surface area contributed by atoms with Crippen LogP contribution in [0.2, 0.25) is 5.02 Å². The van der Waals surface area contributed by atoms with Crippen LogP contribution < -0.4 is 9.64 Å². The van der Waals surface area contributed by atoms with Crippen LogP contribution >= 0.6 is 11.6 Å².